The molecule has 2 aliphatic rings. The van der Waals surface area contributed by atoms with E-state index < -0.39 is 0 Å². The normalized spacial score (nSPS) is 18.6. The Balaban J connectivity index is 1.53. The van der Waals surface area contributed by atoms with E-state index in [1.54, 1.807) is 12.4 Å². The molecule has 0 radical (unpaired) electrons. The van der Waals surface area contributed by atoms with E-state index in [0.717, 1.165) is 47.8 Å². The minimum atomic E-state index is 0.0204. The Labute approximate surface area is 175 Å². The topological polar surface area (TPSA) is 75.1 Å². The van der Waals surface area contributed by atoms with Crippen LogP contribution in [-0.4, -0.2) is 32.4 Å². The van der Waals surface area contributed by atoms with Crippen molar-refractivity contribution in [2.75, 3.05) is 16.3 Å². The summed E-state index contributed by atoms with van der Waals surface area (Å²) in [5, 5.41) is 0. The van der Waals surface area contributed by atoms with Gasteiger partial charge in [0.2, 0.25) is 11.9 Å². The van der Waals surface area contributed by atoms with Gasteiger partial charge < -0.3 is 4.90 Å². The highest BCUT2D eigenvalue weighted by Crippen LogP contribution is 2.36. The van der Waals surface area contributed by atoms with Crippen LogP contribution < -0.4 is 9.80 Å². The second-order valence-corrected chi connectivity index (χ2v) is 7.84. The average molecular weight is 400 g/mol. The summed E-state index contributed by atoms with van der Waals surface area (Å²) < 4.78 is 0. The van der Waals surface area contributed by atoms with Crippen LogP contribution in [0.2, 0.25) is 0 Å². The van der Waals surface area contributed by atoms with Gasteiger partial charge in [-0.15, -0.1) is 0 Å². The highest BCUT2D eigenvalue weighted by atomic mass is 16.2. The Bertz CT molecular complexity index is 1060. The summed E-state index contributed by atoms with van der Waals surface area (Å²) in [6.45, 7) is 3.43. The van der Waals surface area contributed by atoms with Crippen LogP contribution in [0.5, 0.6) is 0 Å². The molecule has 30 heavy (non-hydrogen) atoms. The number of carbonyl (C=O) groups is 1. The molecule has 1 saturated heterocycles. The van der Waals surface area contributed by atoms with Crippen molar-refractivity contribution in [3.63, 3.8) is 0 Å². The predicted molar refractivity (Wildman–Crippen MR) is 114 cm³/mol. The third-order valence-electron chi connectivity index (χ3n) is 5.90. The molecule has 2 aliphatic heterocycles. The molecule has 152 valence electrons. The Morgan fingerprint density at radius 1 is 1.03 bits per heavy atom. The molecule has 1 aromatic carbocycles. The molecule has 1 amide bonds. The Kier molecular flexibility index (Phi) is 4.86. The van der Waals surface area contributed by atoms with Crippen LogP contribution in [0.4, 0.5) is 11.8 Å². The number of carbonyl (C=O) groups excluding carboxylic acids is 1. The van der Waals surface area contributed by atoms with E-state index in [9.17, 15) is 4.79 Å². The van der Waals surface area contributed by atoms with Crippen molar-refractivity contribution in [2.24, 2.45) is 0 Å². The number of anilines is 2. The molecule has 4 heterocycles. The maximum absolute atomic E-state index is 12.8. The van der Waals surface area contributed by atoms with Crippen molar-refractivity contribution >= 4 is 17.7 Å². The lowest BCUT2D eigenvalue weighted by Crippen LogP contribution is -2.37. The van der Waals surface area contributed by atoms with Gasteiger partial charge in [0.1, 0.15) is 5.82 Å². The Morgan fingerprint density at radius 2 is 1.83 bits per heavy atom. The number of nitrogens with zero attached hydrogens (tertiary/aromatic N) is 6. The molecule has 0 unspecified atom stereocenters. The lowest BCUT2D eigenvalue weighted by Gasteiger charge is -2.31. The van der Waals surface area contributed by atoms with Gasteiger partial charge in [-0.05, 0) is 37.8 Å². The summed E-state index contributed by atoms with van der Waals surface area (Å²) in [7, 11) is 0. The number of amides is 1. The maximum atomic E-state index is 12.8. The molecule has 1 fully saturated rings. The molecule has 7 nitrogen and oxygen atoms in total. The molecular weight excluding hydrogens is 376 g/mol. The van der Waals surface area contributed by atoms with Crippen LogP contribution >= 0.6 is 0 Å². The molecule has 0 bridgehead atoms. The minimum Gasteiger partial charge on any atom is -0.331 e. The third kappa shape index (κ3) is 3.40. The minimum absolute atomic E-state index is 0.0204. The summed E-state index contributed by atoms with van der Waals surface area (Å²) in [4.78, 5) is 35.5. The Morgan fingerprint density at radius 3 is 2.63 bits per heavy atom. The van der Waals surface area contributed by atoms with Crippen molar-refractivity contribution in [3.8, 4) is 0 Å². The zero-order valence-electron chi connectivity index (χ0n) is 17.0. The molecule has 0 aliphatic carbocycles. The number of aromatic nitrogens is 4. The predicted octanol–water partition coefficient (Wildman–Crippen LogP) is 3.40. The monoisotopic (exact) mass is 400 g/mol. The fourth-order valence-corrected chi connectivity index (χ4v) is 4.40. The van der Waals surface area contributed by atoms with Crippen LogP contribution in [0, 0.1) is 6.92 Å². The molecule has 3 aromatic rings. The van der Waals surface area contributed by atoms with Gasteiger partial charge >= 0.3 is 0 Å². The first-order valence-corrected chi connectivity index (χ1v) is 10.5. The van der Waals surface area contributed by atoms with Gasteiger partial charge in [0, 0.05) is 36.6 Å². The largest absolute Gasteiger partial charge is 0.331 e. The summed E-state index contributed by atoms with van der Waals surface area (Å²) in [6.07, 6.45) is 6.70. The average Bonchev–Trinajstić information content (AvgIpc) is 3.27. The van der Waals surface area contributed by atoms with Gasteiger partial charge in [0.15, 0.2) is 5.82 Å². The molecular formula is C23H24N6O. The van der Waals surface area contributed by atoms with Crippen LogP contribution in [0.25, 0.3) is 0 Å². The quantitative estimate of drug-likeness (QED) is 0.668. The maximum Gasteiger partial charge on any atom is 0.228 e. The zero-order chi connectivity index (χ0) is 20.5. The van der Waals surface area contributed by atoms with Crippen LogP contribution in [-0.2, 0) is 17.8 Å². The molecule has 0 saturated carbocycles. The van der Waals surface area contributed by atoms with E-state index in [4.69, 9.17) is 9.97 Å². The first-order chi connectivity index (χ1) is 14.7. The van der Waals surface area contributed by atoms with E-state index in [1.807, 2.05) is 48.2 Å². The second kappa shape index (κ2) is 7.82. The van der Waals surface area contributed by atoms with Gasteiger partial charge in [-0.3, -0.25) is 9.69 Å². The second-order valence-electron chi connectivity index (χ2n) is 7.84. The van der Waals surface area contributed by atoms with Gasteiger partial charge in [-0.25, -0.2) is 19.9 Å². The van der Waals surface area contributed by atoms with Crippen LogP contribution in [0.1, 0.15) is 47.9 Å². The van der Waals surface area contributed by atoms with Gasteiger partial charge in [-0.1, -0.05) is 30.3 Å². The highest BCUT2D eigenvalue weighted by molar-refractivity contribution is 5.95. The van der Waals surface area contributed by atoms with Crippen molar-refractivity contribution < 1.29 is 4.79 Å². The fraction of sp³-hybridized carbons (Fsp3) is 0.348. The van der Waals surface area contributed by atoms with Crippen molar-refractivity contribution in [1.29, 1.82) is 0 Å². The first-order valence-electron chi connectivity index (χ1n) is 10.5. The summed E-state index contributed by atoms with van der Waals surface area (Å²) in [6, 6.07) is 11.9. The number of rotatable bonds is 4. The zero-order valence-corrected chi connectivity index (χ0v) is 17.0. The summed E-state index contributed by atoms with van der Waals surface area (Å²) in [5.74, 6) is 2.34. The van der Waals surface area contributed by atoms with Gasteiger partial charge in [0.05, 0.1) is 12.6 Å². The van der Waals surface area contributed by atoms with E-state index in [1.165, 1.54) is 0 Å². The van der Waals surface area contributed by atoms with Gasteiger partial charge in [-0.2, -0.15) is 0 Å². The Hall–Kier alpha value is -3.35. The van der Waals surface area contributed by atoms with Crippen molar-refractivity contribution in [1.82, 2.24) is 19.9 Å². The standard InChI is InChI=1S/C23H24N6O/c1-16-18-10-11-20(30)29(15-17-7-3-2-4-8-17)22(18)27-21(26-16)19-9-5-14-28(19)23-24-12-6-13-25-23/h2-4,6-8,12-13,19H,5,9-11,14-15H2,1H3/t19-/m0/s1. The van der Waals surface area contributed by atoms with Crippen molar-refractivity contribution in [2.45, 2.75) is 45.2 Å². The summed E-state index contributed by atoms with van der Waals surface area (Å²) in [5.41, 5.74) is 3.13. The molecule has 5 rings (SSSR count). The molecule has 1 atom stereocenters. The van der Waals surface area contributed by atoms with E-state index in [0.29, 0.717) is 25.3 Å². The molecule has 0 N–H and O–H groups in total. The number of hydrogen-bond acceptors (Lipinski definition) is 6. The molecule has 0 spiro atoms. The first kappa shape index (κ1) is 18.7. The van der Waals surface area contributed by atoms with Gasteiger partial charge in [0.25, 0.3) is 0 Å². The highest BCUT2D eigenvalue weighted by Gasteiger charge is 2.34. The van der Waals surface area contributed by atoms with Crippen LogP contribution in [0.15, 0.2) is 48.8 Å². The van der Waals surface area contributed by atoms with Crippen LogP contribution in [0.3, 0.4) is 0 Å². The number of benzene rings is 1. The lowest BCUT2D eigenvalue weighted by atomic mass is 10.0. The number of fused-ring (bicyclic) bond motifs is 1. The van der Waals surface area contributed by atoms with Crippen molar-refractivity contribution in [3.05, 3.63) is 71.4 Å². The summed E-state index contributed by atoms with van der Waals surface area (Å²) >= 11 is 0. The van der Waals surface area contributed by atoms with E-state index in [-0.39, 0.29) is 11.9 Å². The fourth-order valence-electron chi connectivity index (χ4n) is 4.40. The number of aryl methyl sites for hydroxylation is 1. The SMILES string of the molecule is Cc1nc([C@@H]2CCCN2c2ncccn2)nc2c1CCC(=O)N2Cc1ccccc1. The third-order valence-corrected chi connectivity index (χ3v) is 5.90. The molecule has 7 heteroatoms. The smallest absolute Gasteiger partial charge is 0.228 e. The number of hydrogen-bond donors (Lipinski definition) is 0. The van der Waals surface area contributed by atoms with E-state index >= 15 is 0 Å². The lowest BCUT2D eigenvalue weighted by molar-refractivity contribution is -0.119. The molecule has 2 aromatic heterocycles. The van der Waals surface area contributed by atoms with E-state index in [2.05, 4.69) is 14.9 Å².